The molecule has 0 spiro atoms. The van der Waals surface area contributed by atoms with Crippen molar-refractivity contribution in [3.05, 3.63) is 36.0 Å². The summed E-state index contributed by atoms with van der Waals surface area (Å²) in [5.41, 5.74) is 2.00. The zero-order chi connectivity index (χ0) is 13.7. The smallest absolute Gasteiger partial charge is 0.0627 e. The van der Waals surface area contributed by atoms with E-state index in [9.17, 15) is 0 Å². The number of ether oxygens (including phenoxy) is 1. The van der Waals surface area contributed by atoms with E-state index in [-0.39, 0.29) is 0 Å². The molecule has 0 N–H and O–H groups in total. The molecule has 2 saturated carbocycles. The summed E-state index contributed by atoms with van der Waals surface area (Å²) in [6.07, 6.45) is 19.2. The summed E-state index contributed by atoms with van der Waals surface area (Å²) in [5, 5.41) is 0. The predicted octanol–water partition coefficient (Wildman–Crippen LogP) is 4.52. The maximum atomic E-state index is 5.82. The number of allylic oxidation sites excluding steroid dienone is 6. The average molecular weight is 270 g/mol. The maximum Gasteiger partial charge on any atom is 0.0627 e. The molecule has 0 bridgehead atoms. The Morgan fingerprint density at radius 3 is 2.95 bits per heavy atom. The Balaban J connectivity index is 1.68. The normalized spacial score (nSPS) is 49.3. The first-order valence-corrected chi connectivity index (χ1v) is 8.32. The Bertz CT molecular complexity index is 486. The van der Waals surface area contributed by atoms with Gasteiger partial charge in [-0.2, -0.15) is 0 Å². The number of rotatable bonds is 1. The van der Waals surface area contributed by atoms with Gasteiger partial charge in [-0.3, -0.25) is 0 Å². The highest BCUT2D eigenvalue weighted by molar-refractivity contribution is 5.35. The van der Waals surface area contributed by atoms with Crippen LogP contribution >= 0.6 is 0 Å². The van der Waals surface area contributed by atoms with Crippen LogP contribution in [0, 0.1) is 29.1 Å². The molecule has 0 aromatic heterocycles. The molecule has 6 atom stereocenters. The highest BCUT2D eigenvalue weighted by Gasteiger charge is 2.55. The van der Waals surface area contributed by atoms with Crippen molar-refractivity contribution in [2.24, 2.45) is 29.1 Å². The van der Waals surface area contributed by atoms with Crippen molar-refractivity contribution in [1.82, 2.24) is 0 Å². The van der Waals surface area contributed by atoms with E-state index < -0.39 is 0 Å². The van der Waals surface area contributed by atoms with Crippen molar-refractivity contribution in [2.75, 3.05) is 7.11 Å². The Kier molecular flexibility index (Phi) is 2.96. The summed E-state index contributed by atoms with van der Waals surface area (Å²) in [7, 11) is 1.91. The highest BCUT2D eigenvalue weighted by Crippen LogP contribution is 2.60. The molecule has 0 saturated heterocycles. The second kappa shape index (κ2) is 4.59. The third kappa shape index (κ3) is 1.65. The van der Waals surface area contributed by atoms with Crippen LogP contribution < -0.4 is 0 Å². The van der Waals surface area contributed by atoms with Crippen molar-refractivity contribution in [1.29, 1.82) is 0 Å². The van der Waals surface area contributed by atoms with Gasteiger partial charge in [-0.15, -0.1) is 0 Å². The highest BCUT2D eigenvalue weighted by atomic mass is 16.5. The van der Waals surface area contributed by atoms with Crippen LogP contribution in [-0.2, 0) is 4.74 Å². The number of methoxy groups -OCH3 is 1. The lowest BCUT2D eigenvalue weighted by atomic mass is 9.54. The van der Waals surface area contributed by atoms with E-state index in [0.29, 0.717) is 17.4 Å². The van der Waals surface area contributed by atoms with Gasteiger partial charge in [0.25, 0.3) is 0 Å². The molecular weight excluding hydrogens is 244 g/mol. The van der Waals surface area contributed by atoms with Crippen LogP contribution in [0.15, 0.2) is 36.0 Å². The van der Waals surface area contributed by atoms with Gasteiger partial charge in [0.05, 0.1) is 6.10 Å². The molecule has 4 aliphatic carbocycles. The summed E-state index contributed by atoms with van der Waals surface area (Å²) >= 11 is 0. The van der Waals surface area contributed by atoms with Crippen molar-refractivity contribution in [3.63, 3.8) is 0 Å². The zero-order valence-electron chi connectivity index (χ0n) is 12.7. The monoisotopic (exact) mass is 270 g/mol. The minimum absolute atomic E-state index is 0.417. The second-order valence-corrected chi connectivity index (χ2v) is 7.45. The summed E-state index contributed by atoms with van der Waals surface area (Å²) in [5.74, 6) is 3.15. The Morgan fingerprint density at radius 2 is 2.10 bits per heavy atom. The molecule has 108 valence electrons. The predicted molar refractivity (Wildman–Crippen MR) is 82.3 cm³/mol. The van der Waals surface area contributed by atoms with Crippen LogP contribution in [0.2, 0.25) is 0 Å². The number of fused-ring (bicyclic) bond motifs is 5. The van der Waals surface area contributed by atoms with Crippen LogP contribution in [0.1, 0.15) is 39.0 Å². The van der Waals surface area contributed by atoms with Gasteiger partial charge >= 0.3 is 0 Å². The average Bonchev–Trinajstić information content (AvgIpc) is 2.83. The lowest BCUT2D eigenvalue weighted by Gasteiger charge is -2.51. The van der Waals surface area contributed by atoms with Crippen molar-refractivity contribution >= 4 is 0 Å². The molecule has 20 heavy (non-hydrogen) atoms. The molecule has 0 aromatic rings. The van der Waals surface area contributed by atoms with Crippen LogP contribution in [0.3, 0.4) is 0 Å². The Hall–Kier alpha value is -0.820. The standard InChI is InChI=1S/C19H26O/c1-19-12-11-15-14-6-4-3-5-13(14)7-8-16(15)17(19)9-10-18(19)20-2/h4-8,14-18H,3,9-12H2,1-2H3/t14-,15+,16+,17-,18+,19-/m0/s1. The van der Waals surface area contributed by atoms with Gasteiger partial charge in [0.1, 0.15) is 0 Å². The first-order chi connectivity index (χ1) is 9.74. The minimum atomic E-state index is 0.417. The van der Waals surface area contributed by atoms with E-state index in [1.165, 1.54) is 25.7 Å². The molecule has 2 fully saturated rings. The van der Waals surface area contributed by atoms with E-state index in [1.54, 1.807) is 5.57 Å². The summed E-state index contributed by atoms with van der Waals surface area (Å²) < 4.78 is 5.82. The fourth-order valence-electron chi connectivity index (χ4n) is 5.73. The zero-order valence-corrected chi connectivity index (χ0v) is 12.7. The minimum Gasteiger partial charge on any atom is -0.381 e. The first-order valence-electron chi connectivity index (χ1n) is 8.32. The summed E-state index contributed by atoms with van der Waals surface area (Å²) in [6, 6.07) is 0. The fraction of sp³-hybridized carbons (Fsp3) is 0.684. The van der Waals surface area contributed by atoms with Gasteiger partial charge < -0.3 is 4.74 Å². The van der Waals surface area contributed by atoms with Gasteiger partial charge in [-0.25, -0.2) is 0 Å². The SMILES string of the molecule is CO[C@@H]1CC[C@H]2[C@@H]3C=CC4=CCC=C[C@@H]4[C@H]3CC[C@]12C. The van der Waals surface area contributed by atoms with Crippen LogP contribution in [0.5, 0.6) is 0 Å². The lowest BCUT2D eigenvalue weighted by Crippen LogP contribution is -2.46. The third-order valence-electron chi connectivity index (χ3n) is 6.77. The van der Waals surface area contributed by atoms with E-state index in [0.717, 1.165) is 24.2 Å². The van der Waals surface area contributed by atoms with Gasteiger partial charge in [-0.05, 0) is 60.8 Å². The molecule has 4 aliphatic rings. The van der Waals surface area contributed by atoms with Gasteiger partial charge in [0.15, 0.2) is 0 Å². The largest absolute Gasteiger partial charge is 0.381 e. The topological polar surface area (TPSA) is 9.23 Å². The van der Waals surface area contributed by atoms with Crippen LogP contribution in [0.4, 0.5) is 0 Å². The van der Waals surface area contributed by atoms with E-state index >= 15 is 0 Å². The fourth-order valence-corrected chi connectivity index (χ4v) is 5.73. The quantitative estimate of drug-likeness (QED) is 0.637. The molecule has 0 radical (unpaired) electrons. The molecule has 0 heterocycles. The van der Waals surface area contributed by atoms with Crippen LogP contribution in [-0.4, -0.2) is 13.2 Å². The van der Waals surface area contributed by atoms with Crippen LogP contribution in [0.25, 0.3) is 0 Å². The number of hydrogen-bond acceptors (Lipinski definition) is 1. The molecule has 0 amide bonds. The third-order valence-corrected chi connectivity index (χ3v) is 6.77. The molecule has 0 aromatic carbocycles. The van der Waals surface area contributed by atoms with E-state index in [1.807, 2.05) is 7.11 Å². The second-order valence-electron chi connectivity index (χ2n) is 7.45. The van der Waals surface area contributed by atoms with Gasteiger partial charge in [0, 0.05) is 13.0 Å². The Labute approximate surface area is 122 Å². The molecule has 1 heteroatoms. The summed E-state index contributed by atoms with van der Waals surface area (Å²) in [6.45, 7) is 2.49. The molecule has 0 unspecified atom stereocenters. The summed E-state index contributed by atoms with van der Waals surface area (Å²) in [4.78, 5) is 0. The van der Waals surface area contributed by atoms with Gasteiger partial charge in [0.2, 0.25) is 0 Å². The lowest BCUT2D eigenvalue weighted by molar-refractivity contribution is -0.0473. The molecule has 4 rings (SSSR count). The van der Waals surface area contributed by atoms with Crippen molar-refractivity contribution in [3.8, 4) is 0 Å². The van der Waals surface area contributed by atoms with E-state index in [2.05, 4.69) is 37.3 Å². The van der Waals surface area contributed by atoms with Crippen molar-refractivity contribution < 1.29 is 4.74 Å². The first kappa shape index (κ1) is 12.9. The molecular formula is C19H26O. The number of hydrogen-bond donors (Lipinski definition) is 0. The molecule has 0 aliphatic heterocycles. The molecule has 1 nitrogen and oxygen atoms in total. The van der Waals surface area contributed by atoms with Gasteiger partial charge in [-0.1, -0.05) is 37.3 Å². The van der Waals surface area contributed by atoms with E-state index in [4.69, 9.17) is 4.74 Å². The maximum absolute atomic E-state index is 5.82. The Morgan fingerprint density at radius 1 is 1.20 bits per heavy atom. The van der Waals surface area contributed by atoms with Crippen molar-refractivity contribution in [2.45, 2.75) is 45.1 Å².